The van der Waals surface area contributed by atoms with E-state index in [-0.39, 0.29) is 5.75 Å². The molecular weight excluding hydrogens is 318 g/mol. The lowest BCUT2D eigenvalue weighted by molar-refractivity contribution is -0.872. The molecule has 0 aliphatic rings. The highest BCUT2D eigenvalue weighted by molar-refractivity contribution is 5.86. The number of imidazole rings is 1. The zero-order valence-electron chi connectivity index (χ0n) is 14.0. The van der Waals surface area contributed by atoms with Crippen molar-refractivity contribution in [3.63, 3.8) is 0 Å². The number of benzene rings is 2. The van der Waals surface area contributed by atoms with E-state index < -0.39 is 5.63 Å². The van der Waals surface area contributed by atoms with E-state index in [0.29, 0.717) is 29.1 Å². The minimum atomic E-state index is -0.479. The van der Waals surface area contributed by atoms with Crippen LogP contribution in [0.1, 0.15) is 5.56 Å². The maximum atomic E-state index is 12.5. The highest BCUT2D eigenvalue weighted by Gasteiger charge is 2.17. The normalized spacial score (nSPS) is 11.6. The second kappa shape index (κ2) is 5.75. The van der Waals surface area contributed by atoms with Crippen molar-refractivity contribution < 1.29 is 14.4 Å². The first-order valence-corrected chi connectivity index (χ1v) is 8.06. The van der Waals surface area contributed by atoms with Crippen LogP contribution in [0.2, 0.25) is 0 Å². The zero-order chi connectivity index (χ0) is 17.6. The van der Waals surface area contributed by atoms with Gasteiger partial charge >= 0.3 is 5.63 Å². The molecule has 4 rings (SSSR count). The molecule has 0 aliphatic heterocycles. The lowest BCUT2D eigenvalue weighted by Crippen LogP contribution is -3.04. The maximum Gasteiger partial charge on any atom is 0.347 e. The summed E-state index contributed by atoms with van der Waals surface area (Å²) in [6.07, 6.45) is 0. The third-order valence-electron chi connectivity index (χ3n) is 4.16. The van der Waals surface area contributed by atoms with Crippen molar-refractivity contribution in [3.8, 4) is 17.1 Å². The fraction of sp³-hybridized carbons (Fsp3) is 0.158. The summed E-state index contributed by atoms with van der Waals surface area (Å²) in [5, 5.41) is 10.9. The first-order valence-electron chi connectivity index (χ1n) is 8.06. The number of phenolic OH excluding ortho intramolecular Hbond substituents is 1. The number of hydrogen-bond donors (Lipinski definition) is 3. The second-order valence-electron chi connectivity index (χ2n) is 6.42. The molecule has 0 bridgehead atoms. The summed E-state index contributed by atoms with van der Waals surface area (Å²) in [4.78, 5) is 21.3. The molecule has 0 radical (unpaired) electrons. The first-order chi connectivity index (χ1) is 12.0. The van der Waals surface area contributed by atoms with Crippen molar-refractivity contribution in [1.29, 1.82) is 0 Å². The molecule has 126 valence electrons. The molecule has 4 aromatic rings. The smallest absolute Gasteiger partial charge is 0.347 e. The monoisotopic (exact) mass is 336 g/mol. The quantitative estimate of drug-likeness (QED) is 0.497. The summed E-state index contributed by atoms with van der Waals surface area (Å²) in [6, 6.07) is 12.7. The van der Waals surface area contributed by atoms with E-state index in [1.807, 2.05) is 38.4 Å². The van der Waals surface area contributed by atoms with Gasteiger partial charge in [0.05, 0.1) is 30.7 Å². The number of nitrogens with zero attached hydrogens (tertiary/aromatic N) is 1. The molecule has 2 aromatic carbocycles. The molecule has 0 saturated heterocycles. The van der Waals surface area contributed by atoms with Crippen molar-refractivity contribution >= 4 is 22.0 Å². The Morgan fingerprint density at radius 2 is 2.00 bits per heavy atom. The van der Waals surface area contributed by atoms with Crippen molar-refractivity contribution in [2.24, 2.45) is 0 Å². The summed E-state index contributed by atoms with van der Waals surface area (Å²) in [7, 11) is 3.94. The number of H-pyrrole nitrogens is 1. The Morgan fingerprint density at radius 3 is 2.76 bits per heavy atom. The Labute approximate surface area is 143 Å². The Morgan fingerprint density at radius 1 is 1.20 bits per heavy atom. The van der Waals surface area contributed by atoms with Gasteiger partial charge in [-0.2, -0.15) is 0 Å². The van der Waals surface area contributed by atoms with Gasteiger partial charge in [0.25, 0.3) is 0 Å². The third-order valence-corrected chi connectivity index (χ3v) is 4.16. The number of aromatic amines is 1. The first kappa shape index (κ1) is 15.4. The average Bonchev–Trinajstić information content (AvgIpc) is 3.01. The van der Waals surface area contributed by atoms with Gasteiger partial charge in [-0.05, 0) is 30.3 Å². The highest BCUT2D eigenvalue weighted by atomic mass is 16.4. The van der Waals surface area contributed by atoms with E-state index in [4.69, 9.17) is 4.42 Å². The van der Waals surface area contributed by atoms with Crippen LogP contribution in [0.15, 0.2) is 51.7 Å². The fourth-order valence-corrected chi connectivity index (χ4v) is 3.00. The Hall–Kier alpha value is -3.12. The van der Waals surface area contributed by atoms with Crippen molar-refractivity contribution in [2.75, 3.05) is 14.1 Å². The van der Waals surface area contributed by atoms with Crippen molar-refractivity contribution in [1.82, 2.24) is 9.97 Å². The number of nitrogens with one attached hydrogen (secondary N) is 2. The minimum Gasteiger partial charge on any atom is -0.507 e. The second-order valence-corrected chi connectivity index (χ2v) is 6.42. The molecule has 6 heteroatoms. The molecule has 0 amide bonds. The third kappa shape index (κ3) is 2.66. The number of quaternary nitrogens is 1. The molecule has 6 nitrogen and oxygen atoms in total. The predicted octanol–water partition coefficient (Wildman–Crippen LogP) is 1.69. The van der Waals surface area contributed by atoms with Crippen molar-refractivity contribution in [2.45, 2.75) is 6.54 Å². The molecule has 0 aliphatic carbocycles. The van der Waals surface area contributed by atoms with E-state index in [1.54, 1.807) is 18.2 Å². The standard InChI is InChI=1S/C19H17N3O3/c1-22(2)10-13-16(23)8-7-11-9-12(19(24)25-17(11)13)18-20-14-5-3-4-6-15(14)21-18/h3-9,23H,10H2,1-2H3,(H,20,21)/p+1. The molecule has 2 aromatic heterocycles. The molecule has 0 spiro atoms. The van der Waals surface area contributed by atoms with Gasteiger partial charge in [0.1, 0.15) is 23.7 Å². The van der Waals surface area contributed by atoms with Crippen LogP contribution in [-0.2, 0) is 6.54 Å². The molecule has 0 saturated carbocycles. The van der Waals surface area contributed by atoms with Crippen LogP contribution in [0.25, 0.3) is 33.4 Å². The number of aromatic nitrogens is 2. The molecular formula is C19H18N3O3+. The molecule has 25 heavy (non-hydrogen) atoms. The summed E-state index contributed by atoms with van der Waals surface area (Å²) in [5.41, 5.74) is 2.60. The summed E-state index contributed by atoms with van der Waals surface area (Å²) >= 11 is 0. The Balaban J connectivity index is 1.93. The van der Waals surface area contributed by atoms with E-state index >= 15 is 0 Å². The molecule has 3 N–H and O–H groups in total. The van der Waals surface area contributed by atoms with Crippen LogP contribution in [0.3, 0.4) is 0 Å². The largest absolute Gasteiger partial charge is 0.507 e. The molecule has 0 unspecified atom stereocenters. The van der Waals surface area contributed by atoms with Crippen molar-refractivity contribution in [3.05, 3.63) is 58.4 Å². The maximum absolute atomic E-state index is 12.5. The van der Waals surface area contributed by atoms with Crippen LogP contribution in [0.5, 0.6) is 5.75 Å². The van der Waals surface area contributed by atoms with E-state index in [0.717, 1.165) is 21.3 Å². The topological polar surface area (TPSA) is 83.6 Å². The summed E-state index contributed by atoms with van der Waals surface area (Å²) in [6.45, 7) is 0.552. The predicted molar refractivity (Wildman–Crippen MR) is 95.8 cm³/mol. The zero-order valence-corrected chi connectivity index (χ0v) is 14.0. The lowest BCUT2D eigenvalue weighted by atomic mass is 10.1. The minimum absolute atomic E-state index is 0.133. The van der Waals surface area contributed by atoms with Gasteiger partial charge in [-0.25, -0.2) is 9.78 Å². The van der Waals surface area contributed by atoms with Gasteiger partial charge < -0.3 is 19.4 Å². The number of hydrogen-bond acceptors (Lipinski definition) is 4. The number of fused-ring (bicyclic) bond motifs is 2. The molecule has 2 heterocycles. The van der Waals surface area contributed by atoms with Crippen LogP contribution in [0, 0.1) is 0 Å². The van der Waals surface area contributed by atoms with Crippen LogP contribution in [0.4, 0.5) is 0 Å². The number of aromatic hydroxyl groups is 1. The van der Waals surface area contributed by atoms with Gasteiger partial charge in [0.2, 0.25) is 0 Å². The van der Waals surface area contributed by atoms with E-state index in [9.17, 15) is 9.90 Å². The SMILES string of the molecule is C[NH+](C)Cc1c(O)ccc2cc(-c3nc4ccccc4[nH]3)c(=O)oc12. The lowest BCUT2D eigenvalue weighted by Gasteiger charge is -2.11. The van der Waals surface area contributed by atoms with E-state index in [2.05, 4.69) is 9.97 Å². The van der Waals surface area contributed by atoms with Crippen LogP contribution in [-0.4, -0.2) is 29.2 Å². The van der Waals surface area contributed by atoms with Gasteiger partial charge in [0, 0.05) is 5.39 Å². The van der Waals surface area contributed by atoms with Gasteiger partial charge in [0.15, 0.2) is 5.58 Å². The number of para-hydroxylation sites is 2. The average molecular weight is 336 g/mol. The van der Waals surface area contributed by atoms with E-state index in [1.165, 1.54) is 0 Å². The van der Waals surface area contributed by atoms with Crippen LogP contribution >= 0.6 is 0 Å². The highest BCUT2D eigenvalue weighted by Crippen LogP contribution is 2.28. The Kier molecular flexibility index (Phi) is 3.54. The van der Waals surface area contributed by atoms with Gasteiger partial charge in [-0.15, -0.1) is 0 Å². The Bertz CT molecular complexity index is 1110. The van der Waals surface area contributed by atoms with Gasteiger partial charge in [-0.1, -0.05) is 12.1 Å². The molecule has 0 atom stereocenters. The summed E-state index contributed by atoms with van der Waals surface area (Å²) in [5.74, 6) is 0.609. The summed E-state index contributed by atoms with van der Waals surface area (Å²) < 4.78 is 5.57. The number of rotatable bonds is 3. The number of phenols is 1. The van der Waals surface area contributed by atoms with Gasteiger partial charge in [-0.3, -0.25) is 0 Å². The molecule has 0 fully saturated rings. The van der Waals surface area contributed by atoms with Crippen LogP contribution < -0.4 is 10.5 Å². The fourth-order valence-electron chi connectivity index (χ4n) is 3.00.